The van der Waals surface area contributed by atoms with E-state index < -0.39 is 0 Å². The number of rotatable bonds is 7. The van der Waals surface area contributed by atoms with Crippen LogP contribution in [-0.4, -0.2) is 49.1 Å². The number of hydrogen-bond acceptors (Lipinski definition) is 2. The number of likely N-dealkylation sites (N-methyl/N-ethyl adjacent to an activating group) is 1. The summed E-state index contributed by atoms with van der Waals surface area (Å²) in [7, 11) is 0. The second-order valence-electron chi connectivity index (χ2n) is 5.57. The first-order valence-electron chi connectivity index (χ1n) is 7.21. The van der Waals surface area contributed by atoms with Gasteiger partial charge in [-0.15, -0.1) is 24.0 Å². The maximum absolute atomic E-state index is 4.62. The molecule has 0 aliphatic rings. The number of aliphatic imine (C=N–C) groups is 1. The SMILES string of the molecule is CCCN(CC)CCN=C(NCC)NC(C)(C)C.I. The monoisotopic (exact) mass is 384 g/mol. The minimum atomic E-state index is 0. The van der Waals surface area contributed by atoms with Crippen molar-refractivity contribution in [1.82, 2.24) is 15.5 Å². The number of guanidine groups is 1. The first kappa shape index (κ1) is 21.3. The van der Waals surface area contributed by atoms with Crippen LogP contribution in [-0.2, 0) is 0 Å². The van der Waals surface area contributed by atoms with E-state index >= 15 is 0 Å². The fraction of sp³-hybridized carbons (Fsp3) is 0.929. The topological polar surface area (TPSA) is 39.7 Å². The fourth-order valence-corrected chi connectivity index (χ4v) is 1.71. The molecule has 0 aromatic carbocycles. The van der Waals surface area contributed by atoms with Gasteiger partial charge in [0.1, 0.15) is 0 Å². The lowest BCUT2D eigenvalue weighted by Gasteiger charge is -2.24. The van der Waals surface area contributed by atoms with Gasteiger partial charge in [-0.1, -0.05) is 13.8 Å². The van der Waals surface area contributed by atoms with Crippen LogP contribution >= 0.6 is 24.0 Å². The van der Waals surface area contributed by atoms with E-state index in [4.69, 9.17) is 0 Å². The van der Waals surface area contributed by atoms with Gasteiger partial charge in [-0.05, 0) is 47.2 Å². The highest BCUT2D eigenvalue weighted by molar-refractivity contribution is 14.0. The van der Waals surface area contributed by atoms with Crippen LogP contribution < -0.4 is 10.6 Å². The molecule has 2 N–H and O–H groups in total. The van der Waals surface area contributed by atoms with Gasteiger partial charge in [0.25, 0.3) is 0 Å². The maximum Gasteiger partial charge on any atom is 0.191 e. The molecule has 0 radical (unpaired) electrons. The summed E-state index contributed by atoms with van der Waals surface area (Å²) in [5.74, 6) is 0.914. The lowest BCUT2D eigenvalue weighted by molar-refractivity contribution is 0.297. The normalized spacial score (nSPS) is 12.3. The molecule has 0 bridgehead atoms. The highest BCUT2D eigenvalue weighted by Gasteiger charge is 2.11. The summed E-state index contributed by atoms with van der Waals surface area (Å²) in [6.45, 7) is 18.0. The van der Waals surface area contributed by atoms with Gasteiger partial charge in [0.15, 0.2) is 5.96 Å². The van der Waals surface area contributed by atoms with Gasteiger partial charge < -0.3 is 15.5 Å². The molecule has 0 unspecified atom stereocenters. The maximum atomic E-state index is 4.62. The van der Waals surface area contributed by atoms with E-state index in [0.717, 1.165) is 38.7 Å². The minimum Gasteiger partial charge on any atom is -0.357 e. The van der Waals surface area contributed by atoms with Crippen LogP contribution in [0.4, 0.5) is 0 Å². The second-order valence-corrected chi connectivity index (χ2v) is 5.57. The van der Waals surface area contributed by atoms with E-state index in [1.165, 1.54) is 6.42 Å². The summed E-state index contributed by atoms with van der Waals surface area (Å²) in [4.78, 5) is 7.06. The molecule has 0 aliphatic heterocycles. The van der Waals surface area contributed by atoms with Gasteiger partial charge in [0.2, 0.25) is 0 Å². The Labute approximate surface area is 136 Å². The molecule has 0 spiro atoms. The number of halogens is 1. The van der Waals surface area contributed by atoms with Crippen LogP contribution in [0.2, 0.25) is 0 Å². The van der Waals surface area contributed by atoms with Crippen molar-refractivity contribution >= 4 is 29.9 Å². The Bertz CT molecular complexity index is 236. The fourth-order valence-electron chi connectivity index (χ4n) is 1.71. The standard InChI is InChI=1S/C14H32N4.HI/c1-7-11-18(9-3)12-10-16-13(15-8-2)17-14(4,5)6;/h7-12H2,1-6H3,(H2,15,16,17);1H. The van der Waals surface area contributed by atoms with E-state index in [9.17, 15) is 0 Å². The Morgan fingerprint density at radius 3 is 2.16 bits per heavy atom. The highest BCUT2D eigenvalue weighted by Crippen LogP contribution is 1.98. The van der Waals surface area contributed by atoms with E-state index in [0.29, 0.717) is 0 Å². The predicted octanol–water partition coefficient (Wildman–Crippen LogP) is 2.69. The van der Waals surface area contributed by atoms with E-state index in [1.54, 1.807) is 0 Å². The van der Waals surface area contributed by atoms with Crippen molar-refractivity contribution in [2.24, 2.45) is 4.99 Å². The first-order chi connectivity index (χ1) is 8.42. The molecule has 0 atom stereocenters. The predicted molar refractivity (Wildman–Crippen MR) is 96.7 cm³/mol. The van der Waals surface area contributed by atoms with Crippen molar-refractivity contribution in [2.75, 3.05) is 32.7 Å². The van der Waals surface area contributed by atoms with Crippen molar-refractivity contribution in [1.29, 1.82) is 0 Å². The van der Waals surface area contributed by atoms with Gasteiger partial charge in [-0.3, -0.25) is 4.99 Å². The van der Waals surface area contributed by atoms with Gasteiger partial charge in [-0.25, -0.2) is 0 Å². The number of hydrogen-bond donors (Lipinski definition) is 2. The zero-order chi connectivity index (χ0) is 14.0. The molecule has 0 heterocycles. The van der Waals surface area contributed by atoms with Crippen LogP contribution in [0, 0.1) is 0 Å². The summed E-state index contributed by atoms with van der Waals surface area (Å²) in [6.07, 6.45) is 1.21. The molecule has 0 aromatic rings. The summed E-state index contributed by atoms with van der Waals surface area (Å²) in [5, 5.41) is 6.68. The highest BCUT2D eigenvalue weighted by atomic mass is 127. The minimum absolute atomic E-state index is 0. The van der Waals surface area contributed by atoms with Gasteiger partial charge >= 0.3 is 0 Å². The molecular weight excluding hydrogens is 351 g/mol. The molecule has 0 aliphatic carbocycles. The molecule has 5 heteroatoms. The summed E-state index contributed by atoms with van der Waals surface area (Å²) < 4.78 is 0. The van der Waals surface area contributed by atoms with Crippen LogP contribution in [0.5, 0.6) is 0 Å². The zero-order valence-corrected chi connectivity index (χ0v) is 15.9. The quantitative estimate of drug-likeness (QED) is 0.403. The van der Waals surface area contributed by atoms with E-state index in [2.05, 4.69) is 62.1 Å². The third-order valence-corrected chi connectivity index (χ3v) is 2.51. The molecule has 0 saturated carbocycles. The number of nitrogens with zero attached hydrogens (tertiary/aromatic N) is 2. The molecule has 0 amide bonds. The molecule has 4 nitrogen and oxygen atoms in total. The Morgan fingerprint density at radius 2 is 1.74 bits per heavy atom. The average Bonchev–Trinajstić information content (AvgIpc) is 2.26. The van der Waals surface area contributed by atoms with E-state index in [1.807, 2.05) is 0 Å². The van der Waals surface area contributed by atoms with Crippen LogP contribution in [0.3, 0.4) is 0 Å². The van der Waals surface area contributed by atoms with Crippen molar-refractivity contribution in [2.45, 2.75) is 53.5 Å². The van der Waals surface area contributed by atoms with Crippen molar-refractivity contribution in [3.05, 3.63) is 0 Å². The average molecular weight is 384 g/mol. The Hall–Kier alpha value is -0.0400. The van der Waals surface area contributed by atoms with E-state index in [-0.39, 0.29) is 29.5 Å². The summed E-state index contributed by atoms with van der Waals surface area (Å²) in [6, 6.07) is 0. The molecule has 0 fully saturated rings. The van der Waals surface area contributed by atoms with Gasteiger partial charge in [-0.2, -0.15) is 0 Å². The molecule has 19 heavy (non-hydrogen) atoms. The molecule has 116 valence electrons. The number of nitrogens with one attached hydrogen (secondary N) is 2. The lowest BCUT2D eigenvalue weighted by Crippen LogP contribution is -2.47. The van der Waals surface area contributed by atoms with Crippen molar-refractivity contribution < 1.29 is 0 Å². The Kier molecular flexibility index (Phi) is 13.2. The second kappa shape index (κ2) is 11.8. The molecule has 0 aromatic heterocycles. The van der Waals surface area contributed by atoms with Gasteiger partial charge in [0, 0.05) is 18.6 Å². The smallest absolute Gasteiger partial charge is 0.191 e. The third-order valence-electron chi connectivity index (χ3n) is 2.51. The third kappa shape index (κ3) is 12.7. The van der Waals surface area contributed by atoms with Crippen LogP contribution in [0.15, 0.2) is 4.99 Å². The first-order valence-corrected chi connectivity index (χ1v) is 7.21. The van der Waals surface area contributed by atoms with Crippen LogP contribution in [0.25, 0.3) is 0 Å². The summed E-state index contributed by atoms with van der Waals surface area (Å²) >= 11 is 0. The van der Waals surface area contributed by atoms with Gasteiger partial charge in [0.05, 0.1) is 6.54 Å². The lowest BCUT2D eigenvalue weighted by atomic mass is 10.1. The van der Waals surface area contributed by atoms with Crippen LogP contribution in [0.1, 0.15) is 48.0 Å². The van der Waals surface area contributed by atoms with Crippen molar-refractivity contribution in [3.63, 3.8) is 0 Å². The Balaban J connectivity index is 0. The van der Waals surface area contributed by atoms with Crippen molar-refractivity contribution in [3.8, 4) is 0 Å². The largest absolute Gasteiger partial charge is 0.357 e. The Morgan fingerprint density at radius 1 is 1.11 bits per heavy atom. The molecule has 0 saturated heterocycles. The molecule has 0 rings (SSSR count). The zero-order valence-electron chi connectivity index (χ0n) is 13.5. The summed E-state index contributed by atoms with van der Waals surface area (Å²) in [5.41, 5.74) is 0.0505. The molecular formula is C14H33IN4.